The first kappa shape index (κ1) is 16.1. The van der Waals surface area contributed by atoms with Crippen LogP contribution in [0.5, 0.6) is 0 Å². The van der Waals surface area contributed by atoms with Crippen LogP contribution in [0.1, 0.15) is 34.2 Å². The van der Waals surface area contributed by atoms with E-state index in [1.807, 2.05) is 24.4 Å². The molecular weight excluding hydrogens is 338 g/mol. The second-order valence-electron chi connectivity index (χ2n) is 6.31. The van der Waals surface area contributed by atoms with Gasteiger partial charge in [0, 0.05) is 36.4 Å². The van der Waals surface area contributed by atoms with Gasteiger partial charge in [-0.15, -0.1) is 11.3 Å². The van der Waals surface area contributed by atoms with Crippen molar-refractivity contribution in [1.29, 1.82) is 0 Å². The summed E-state index contributed by atoms with van der Waals surface area (Å²) < 4.78 is 7.69. The van der Waals surface area contributed by atoms with Gasteiger partial charge in [0.15, 0.2) is 0 Å². The Morgan fingerprint density at radius 1 is 1.40 bits per heavy atom. The van der Waals surface area contributed by atoms with Gasteiger partial charge in [0.2, 0.25) is 0 Å². The average Bonchev–Trinajstić information content (AvgIpc) is 3.16. The summed E-state index contributed by atoms with van der Waals surface area (Å²) in [5.74, 6) is -0.937. The van der Waals surface area contributed by atoms with E-state index < -0.39 is 5.97 Å². The van der Waals surface area contributed by atoms with Crippen LogP contribution in [-0.4, -0.2) is 33.8 Å². The Morgan fingerprint density at radius 2 is 2.16 bits per heavy atom. The Labute approximate surface area is 148 Å². The van der Waals surface area contributed by atoms with Gasteiger partial charge < -0.3 is 20.1 Å². The van der Waals surface area contributed by atoms with Crippen molar-refractivity contribution in [3.8, 4) is 10.6 Å². The number of hydrogen-bond acceptors (Lipinski definition) is 5. The number of aromatic carboxylic acids is 1. The Kier molecular flexibility index (Phi) is 3.97. The van der Waals surface area contributed by atoms with Crippen LogP contribution < -0.4 is 5.73 Å². The summed E-state index contributed by atoms with van der Waals surface area (Å²) in [7, 11) is 0. The molecule has 0 bridgehead atoms. The first-order chi connectivity index (χ1) is 12.0. The monoisotopic (exact) mass is 357 g/mol. The number of anilines is 1. The van der Waals surface area contributed by atoms with Gasteiger partial charge >= 0.3 is 5.97 Å². The zero-order valence-electron chi connectivity index (χ0n) is 13.9. The number of carbonyl (C=O) groups is 1. The number of ether oxygens (including phenoxy) is 1. The van der Waals surface area contributed by atoms with E-state index in [2.05, 4.69) is 9.55 Å². The molecule has 7 heteroatoms. The van der Waals surface area contributed by atoms with Crippen molar-refractivity contribution >= 4 is 33.9 Å². The first-order valence-electron chi connectivity index (χ1n) is 8.23. The molecule has 0 aliphatic carbocycles. The zero-order chi connectivity index (χ0) is 17.6. The molecule has 3 aromatic rings. The molecule has 0 saturated carbocycles. The van der Waals surface area contributed by atoms with Gasteiger partial charge in [0.1, 0.15) is 9.88 Å². The third-order valence-corrected chi connectivity index (χ3v) is 5.88. The third-order valence-electron chi connectivity index (χ3n) is 4.69. The van der Waals surface area contributed by atoms with E-state index >= 15 is 0 Å². The molecule has 130 valence electrons. The number of thiazole rings is 1. The standard InChI is InChI=1S/C18H19N3O3S/c1-10-16(18(22)23)25-17(20-10)11-2-3-15-13(8-11)14(19)9-21(15)12-4-6-24-7-5-12/h2-3,8-9,12H,4-7,19H2,1H3,(H,22,23). The summed E-state index contributed by atoms with van der Waals surface area (Å²) in [6.07, 6.45) is 3.97. The molecule has 0 atom stereocenters. The lowest BCUT2D eigenvalue weighted by atomic mass is 10.1. The maximum atomic E-state index is 11.2. The fraction of sp³-hybridized carbons (Fsp3) is 0.333. The van der Waals surface area contributed by atoms with Crippen molar-refractivity contribution in [3.05, 3.63) is 35.0 Å². The highest BCUT2D eigenvalue weighted by Gasteiger charge is 2.20. The molecule has 2 aromatic heterocycles. The number of fused-ring (bicyclic) bond motifs is 1. The highest BCUT2D eigenvalue weighted by atomic mass is 32.1. The number of carboxylic acid groups (broad SMARTS) is 1. The van der Waals surface area contributed by atoms with Gasteiger partial charge in [0.25, 0.3) is 0 Å². The minimum Gasteiger partial charge on any atom is -0.477 e. The van der Waals surface area contributed by atoms with Crippen LogP contribution in [0.4, 0.5) is 5.69 Å². The molecule has 6 nitrogen and oxygen atoms in total. The predicted molar refractivity (Wildman–Crippen MR) is 98.2 cm³/mol. The molecule has 1 aromatic carbocycles. The van der Waals surface area contributed by atoms with Crippen LogP contribution >= 0.6 is 11.3 Å². The minimum absolute atomic E-state index is 0.280. The van der Waals surface area contributed by atoms with E-state index in [1.54, 1.807) is 6.92 Å². The number of nitrogen functional groups attached to an aromatic ring is 1. The summed E-state index contributed by atoms with van der Waals surface area (Å²) in [6, 6.07) is 6.44. The van der Waals surface area contributed by atoms with E-state index in [9.17, 15) is 9.90 Å². The number of hydrogen-bond donors (Lipinski definition) is 2. The zero-order valence-corrected chi connectivity index (χ0v) is 14.7. The van der Waals surface area contributed by atoms with Crippen LogP contribution in [-0.2, 0) is 4.74 Å². The topological polar surface area (TPSA) is 90.4 Å². The van der Waals surface area contributed by atoms with Gasteiger partial charge in [-0.3, -0.25) is 0 Å². The van der Waals surface area contributed by atoms with Gasteiger partial charge in [-0.05, 0) is 38.0 Å². The molecule has 0 radical (unpaired) electrons. The largest absolute Gasteiger partial charge is 0.477 e. The predicted octanol–water partition coefficient (Wildman–Crippen LogP) is 3.71. The Bertz CT molecular complexity index is 954. The number of benzene rings is 1. The highest BCUT2D eigenvalue weighted by molar-refractivity contribution is 7.17. The maximum absolute atomic E-state index is 11.2. The molecular formula is C18H19N3O3S. The van der Waals surface area contributed by atoms with Crippen molar-refractivity contribution < 1.29 is 14.6 Å². The average molecular weight is 357 g/mol. The quantitative estimate of drug-likeness (QED) is 0.746. The van der Waals surface area contributed by atoms with Crippen molar-refractivity contribution in [1.82, 2.24) is 9.55 Å². The summed E-state index contributed by atoms with van der Waals surface area (Å²) in [5, 5.41) is 10.9. The molecule has 3 N–H and O–H groups in total. The molecule has 1 fully saturated rings. The van der Waals surface area contributed by atoms with Crippen molar-refractivity contribution in [2.45, 2.75) is 25.8 Å². The smallest absolute Gasteiger partial charge is 0.347 e. The van der Waals surface area contributed by atoms with Crippen molar-refractivity contribution in [2.75, 3.05) is 18.9 Å². The number of aryl methyl sites for hydroxylation is 1. The molecule has 1 aliphatic rings. The molecule has 0 spiro atoms. The summed E-state index contributed by atoms with van der Waals surface area (Å²) in [5.41, 5.74) is 9.51. The normalized spacial score (nSPS) is 15.7. The lowest BCUT2D eigenvalue weighted by Crippen LogP contribution is -2.18. The van der Waals surface area contributed by atoms with Gasteiger partial charge in [-0.1, -0.05) is 0 Å². The van der Waals surface area contributed by atoms with Gasteiger partial charge in [-0.25, -0.2) is 9.78 Å². The lowest BCUT2D eigenvalue weighted by Gasteiger charge is -2.24. The van der Waals surface area contributed by atoms with E-state index in [0.717, 1.165) is 48.2 Å². The van der Waals surface area contributed by atoms with E-state index in [0.29, 0.717) is 16.7 Å². The Hall–Kier alpha value is -2.38. The number of carboxylic acids is 1. The van der Waals surface area contributed by atoms with E-state index in [-0.39, 0.29) is 4.88 Å². The first-order valence-corrected chi connectivity index (χ1v) is 9.05. The lowest BCUT2D eigenvalue weighted by molar-refractivity contribution is 0.0699. The Balaban J connectivity index is 1.77. The highest BCUT2D eigenvalue weighted by Crippen LogP contribution is 2.35. The van der Waals surface area contributed by atoms with Crippen LogP contribution in [0.25, 0.3) is 21.5 Å². The minimum atomic E-state index is -0.937. The number of nitrogens with zero attached hydrogens (tertiary/aromatic N) is 2. The summed E-state index contributed by atoms with van der Waals surface area (Å²) >= 11 is 1.20. The molecule has 1 aliphatic heterocycles. The molecule has 25 heavy (non-hydrogen) atoms. The second-order valence-corrected chi connectivity index (χ2v) is 7.30. The van der Waals surface area contributed by atoms with Crippen molar-refractivity contribution in [3.63, 3.8) is 0 Å². The fourth-order valence-electron chi connectivity index (χ4n) is 3.40. The molecule has 4 rings (SSSR count). The summed E-state index contributed by atoms with van der Waals surface area (Å²) in [4.78, 5) is 15.9. The molecule has 1 saturated heterocycles. The van der Waals surface area contributed by atoms with Crippen molar-refractivity contribution in [2.24, 2.45) is 0 Å². The maximum Gasteiger partial charge on any atom is 0.347 e. The van der Waals surface area contributed by atoms with Gasteiger partial charge in [-0.2, -0.15) is 0 Å². The molecule has 0 unspecified atom stereocenters. The molecule has 0 amide bonds. The Morgan fingerprint density at radius 3 is 2.84 bits per heavy atom. The van der Waals surface area contributed by atoms with Gasteiger partial charge in [0.05, 0.1) is 16.9 Å². The van der Waals surface area contributed by atoms with Crippen LogP contribution in [0, 0.1) is 6.92 Å². The molecule has 3 heterocycles. The number of nitrogens with two attached hydrogens (primary N) is 1. The van der Waals surface area contributed by atoms with Crippen LogP contribution in [0.15, 0.2) is 24.4 Å². The van der Waals surface area contributed by atoms with E-state index in [1.165, 1.54) is 11.3 Å². The van der Waals surface area contributed by atoms with E-state index in [4.69, 9.17) is 10.5 Å². The third kappa shape index (κ3) is 2.79. The number of rotatable bonds is 3. The number of aromatic nitrogens is 2. The van der Waals surface area contributed by atoms with Crippen LogP contribution in [0.2, 0.25) is 0 Å². The fourth-order valence-corrected chi connectivity index (χ4v) is 4.30. The second kappa shape index (κ2) is 6.16. The summed E-state index contributed by atoms with van der Waals surface area (Å²) in [6.45, 7) is 3.27. The SMILES string of the molecule is Cc1nc(-c2ccc3c(c2)c(N)cn3C2CCOCC2)sc1C(=O)O. The van der Waals surface area contributed by atoms with Crippen LogP contribution in [0.3, 0.4) is 0 Å².